The lowest BCUT2D eigenvalue weighted by atomic mass is 9.97. The summed E-state index contributed by atoms with van der Waals surface area (Å²) in [6.07, 6.45) is 3.59. The summed E-state index contributed by atoms with van der Waals surface area (Å²) in [6, 6.07) is 12.6. The average molecular weight is 463 g/mol. The third-order valence-corrected chi connectivity index (χ3v) is 9.48. The lowest BCUT2D eigenvalue weighted by Gasteiger charge is -2.31. The zero-order valence-electron chi connectivity index (χ0n) is 17.3. The molecular weight excluding hydrogens is 432 g/mol. The van der Waals surface area contributed by atoms with Gasteiger partial charge in [0.1, 0.15) is 5.75 Å². The number of thiophene rings is 1. The number of carbonyl (C=O) groups excluding carboxylic acids is 1. The lowest BCUT2D eigenvalue weighted by molar-refractivity contribution is -0.123. The number of carbonyl (C=O) groups is 1. The van der Waals surface area contributed by atoms with Gasteiger partial charge in [0.15, 0.2) is 6.61 Å². The highest BCUT2D eigenvalue weighted by Crippen LogP contribution is 2.43. The number of rotatable bonds is 8. The maximum absolute atomic E-state index is 12.2. The van der Waals surface area contributed by atoms with E-state index in [1.165, 1.54) is 28.4 Å². The molecular formula is C23H30N2O2S3. The molecule has 0 aliphatic carbocycles. The molecule has 1 N–H and O–H groups in total. The maximum atomic E-state index is 12.2. The molecule has 1 amide bonds. The fraction of sp³-hybridized carbons (Fsp3) is 0.522. The number of ether oxygens (including phenoxy) is 1. The molecule has 0 saturated carbocycles. The third-order valence-electron chi connectivity index (χ3n) is 5.60. The number of piperidine rings is 1. The molecule has 2 aromatic rings. The summed E-state index contributed by atoms with van der Waals surface area (Å²) in [5.74, 6) is 3.78. The summed E-state index contributed by atoms with van der Waals surface area (Å²) in [6.45, 7) is 4.12. The molecule has 4 nitrogen and oxygen atoms in total. The van der Waals surface area contributed by atoms with Crippen LogP contribution in [-0.4, -0.2) is 48.6 Å². The normalized spacial score (nSPS) is 18.9. The molecule has 2 fully saturated rings. The van der Waals surface area contributed by atoms with Crippen LogP contribution >= 0.6 is 34.9 Å². The molecule has 7 heteroatoms. The van der Waals surface area contributed by atoms with Crippen LogP contribution in [0, 0.1) is 5.92 Å². The summed E-state index contributed by atoms with van der Waals surface area (Å²) in [7, 11) is 0. The smallest absolute Gasteiger partial charge is 0.257 e. The first-order valence-electron chi connectivity index (χ1n) is 10.7. The molecule has 2 aliphatic rings. The van der Waals surface area contributed by atoms with Crippen LogP contribution in [0.15, 0.2) is 41.8 Å². The molecule has 1 aromatic carbocycles. The summed E-state index contributed by atoms with van der Waals surface area (Å²) < 4.78 is 6.23. The van der Waals surface area contributed by atoms with Crippen molar-refractivity contribution in [3.05, 3.63) is 52.2 Å². The first-order valence-corrected chi connectivity index (χ1v) is 13.7. The van der Waals surface area contributed by atoms with Crippen LogP contribution in [0.25, 0.3) is 0 Å². The molecule has 2 aliphatic heterocycles. The molecule has 0 bridgehead atoms. The summed E-state index contributed by atoms with van der Waals surface area (Å²) in [5.41, 5.74) is 1.34. The number of nitrogens with one attached hydrogen (secondary N) is 1. The number of nitrogens with zero attached hydrogens (tertiary/aromatic N) is 1. The topological polar surface area (TPSA) is 41.6 Å². The average Bonchev–Trinajstić information content (AvgIpc) is 3.31. The molecule has 30 heavy (non-hydrogen) atoms. The molecule has 0 spiro atoms. The van der Waals surface area contributed by atoms with Crippen molar-refractivity contribution in [3.63, 3.8) is 0 Å². The third kappa shape index (κ3) is 6.67. The Labute approximate surface area is 192 Å². The van der Waals surface area contributed by atoms with Gasteiger partial charge in [-0.05, 0) is 78.9 Å². The van der Waals surface area contributed by atoms with Crippen LogP contribution in [0.2, 0.25) is 0 Å². The molecule has 4 rings (SSSR count). The second kappa shape index (κ2) is 11.5. The second-order valence-corrected chi connectivity index (χ2v) is 11.6. The monoisotopic (exact) mass is 462 g/mol. The molecule has 0 radical (unpaired) electrons. The summed E-state index contributed by atoms with van der Waals surface area (Å²) >= 11 is 5.86. The van der Waals surface area contributed by atoms with Gasteiger partial charge in [-0.3, -0.25) is 9.69 Å². The quantitative estimate of drug-likeness (QED) is 0.596. The minimum absolute atomic E-state index is 0.0292. The molecule has 3 heterocycles. The van der Waals surface area contributed by atoms with Gasteiger partial charge in [-0.15, -0.1) is 34.9 Å². The fourth-order valence-corrected chi connectivity index (χ4v) is 7.47. The number of hydrogen-bond acceptors (Lipinski definition) is 6. The number of amides is 1. The Kier molecular flexibility index (Phi) is 8.43. The van der Waals surface area contributed by atoms with Gasteiger partial charge in [-0.2, -0.15) is 0 Å². The standard InChI is InChI=1S/C23H30N2O2S3/c26-22(17-27-20-6-4-19(5-7-20)23-29-13-2-14-30-23)24-15-18-8-10-25(11-9-18)16-21-3-1-12-28-21/h1,3-7,12,18,23H,2,8-11,13-17H2,(H,24,26). The number of likely N-dealkylation sites (tertiary alicyclic amines) is 1. The van der Waals surface area contributed by atoms with Gasteiger partial charge in [-0.25, -0.2) is 0 Å². The number of hydrogen-bond donors (Lipinski definition) is 1. The maximum Gasteiger partial charge on any atom is 0.257 e. The Morgan fingerprint density at radius 2 is 1.87 bits per heavy atom. The molecule has 162 valence electrons. The van der Waals surface area contributed by atoms with Gasteiger partial charge in [0.25, 0.3) is 5.91 Å². The molecule has 2 saturated heterocycles. The summed E-state index contributed by atoms with van der Waals surface area (Å²) in [5, 5.41) is 5.20. The van der Waals surface area contributed by atoms with E-state index in [1.54, 1.807) is 0 Å². The lowest BCUT2D eigenvalue weighted by Crippen LogP contribution is -2.39. The van der Waals surface area contributed by atoms with Crippen LogP contribution in [0.3, 0.4) is 0 Å². The van der Waals surface area contributed by atoms with E-state index in [-0.39, 0.29) is 12.5 Å². The van der Waals surface area contributed by atoms with E-state index < -0.39 is 0 Å². The van der Waals surface area contributed by atoms with Gasteiger partial charge < -0.3 is 10.1 Å². The Balaban J connectivity index is 1.12. The van der Waals surface area contributed by atoms with Crippen molar-refractivity contribution in [3.8, 4) is 5.75 Å². The number of benzene rings is 1. The SMILES string of the molecule is O=C(COc1ccc(C2SCCCS2)cc1)NCC1CCN(Cc2cccs2)CC1. The van der Waals surface area contributed by atoms with Crippen LogP contribution < -0.4 is 10.1 Å². The van der Waals surface area contributed by atoms with E-state index in [0.29, 0.717) is 10.5 Å². The van der Waals surface area contributed by atoms with Gasteiger partial charge in [0, 0.05) is 18.0 Å². The van der Waals surface area contributed by atoms with Crippen molar-refractivity contribution in [2.24, 2.45) is 5.92 Å². The number of thioether (sulfide) groups is 2. The molecule has 0 unspecified atom stereocenters. The zero-order chi connectivity index (χ0) is 20.6. The van der Waals surface area contributed by atoms with Crippen LogP contribution in [0.5, 0.6) is 5.75 Å². The minimum Gasteiger partial charge on any atom is -0.484 e. The zero-order valence-corrected chi connectivity index (χ0v) is 19.7. The van der Waals surface area contributed by atoms with E-state index in [0.717, 1.165) is 44.8 Å². The van der Waals surface area contributed by atoms with Crippen LogP contribution in [-0.2, 0) is 11.3 Å². The van der Waals surface area contributed by atoms with Crippen molar-refractivity contribution in [2.45, 2.75) is 30.4 Å². The van der Waals surface area contributed by atoms with Crippen molar-refractivity contribution >= 4 is 40.8 Å². The van der Waals surface area contributed by atoms with Gasteiger partial charge in [-0.1, -0.05) is 18.2 Å². The van der Waals surface area contributed by atoms with E-state index in [2.05, 4.69) is 39.9 Å². The van der Waals surface area contributed by atoms with Crippen LogP contribution in [0.4, 0.5) is 0 Å². The predicted molar refractivity (Wildman–Crippen MR) is 130 cm³/mol. The highest BCUT2D eigenvalue weighted by molar-refractivity contribution is 8.16. The second-order valence-electron chi connectivity index (χ2n) is 7.89. The Morgan fingerprint density at radius 3 is 2.57 bits per heavy atom. The summed E-state index contributed by atoms with van der Waals surface area (Å²) in [4.78, 5) is 16.1. The van der Waals surface area contributed by atoms with Crippen molar-refractivity contribution < 1.29 is 9.53 Å². The highest BCUT2D eigenvalue weighted by atomic mass is 32.2. The highest BCUT2D eigenvalue weighted by Gasteiger charge is 2.20. The van der Waals surface area contributed by atoms with Crippen LogP contribution in [0.1, 0.15) is 34.3 Å². The van der Waals surface area contributed by atoms with E-state index in [9.17, 15) is 4.79 Å². The molecule has 1 aromatic heterocycles. The predicted octanol–water partition coefficient (Wildman–Crippen LogP) is 5.02. The van der Waals surface area contributed by atoms with E-state index in [4.69, 9.17) is 4.74 Å². The van der Waals surface area contributed by atoms with Gasteiger partial charge in [0.2, 0.25) is 0 Å². The Bertz CT molecular complexity index is 768. The van der Waals surface area contributed by atoms with Crippen molar-refractivity contribution in [2.75, 3.05) is 37.7 Å². The van der Waals surface area contributed by atoms with Gasteiger partial charge >= 0.3 is 0 Å². The first-order chi connectivity index (χ1) is 14.8. The van der Waals surface area contributed by atoms with E-state index in [1.807, 2.05) is 47.0 Å². The Hall–Kier alpha value is -1.15. The fourth-order valence-electron chi connectivity index (χ4n) is 3.83. The van der Waals surface area contributed by atoms with Gasteiger partial charge in [0.05, 0.1) is 4.58 Å². The first kappa shape index (κ1) is 22.1. The van der Waals surface area contributed by atoms with Crippen molar-refractivity contribution in [1.29, 1.82) is 0 Å². The van der Waals surface area contributed by atoms with E-state index >= 15 is 0 Å². The largest absolute Gasteiger partial charge is 0.484 e. The minimum atomic E-state index is -0.0292. The molecule has 0 atom stereocenters. The Morgan fingerprint density at radius 1 is 1.10 bits per heavy atom. The van der Waals surface area contributed by atoms with Crippen molar-refractivity contribution in [1.82, 2.24) is 10.2 Å².